The molecule has 2 aliphatic heterocycles. The minimum absolute atomic E-state index is 0.0383. The number of hydrogen-bond acceptors (Lipinski definition) is 8. The van der Waals surface area contributed by atoms with Crippen molar-refractivity contribution in [2.75, 3.05) is 13.2 Å². The SMILES string of the molecule is CCCCCCCCCCCCOC[C@@]12O[C@@H](C(O)S(=O)(=O)c3ccc(C)cc3)[C@@H](O)[C@@H]1OC(C)(C)O2. The molecule has 9 heteroatoms. The molecule has 5 atom stereocenters. The van der Waals surface area contributed by atoms with Crippen LogP contribution in [0.4, 0.5) is 0 Å². The predicted molar refractivity (Wildman–Crippen MR) is 141 cm³/mol. The van der Waals surface area contributed by atoms with Gasteiger partial charge < -0.3 is 29.2 Å². The number of hydrogen-bond donors (Lipinski definition) is 2. The lowest BCUT2D eigenvalue weighted by Crippen LogP contribution is -2.45. The van der Waals surface area contributed by atoms with Crippen LogP contribution in [0, 0.1) is 6.92 Å². The van der Waals surface area contributed by atoms with Crippen molar-refractivity contribution in [3.8, 4) is 0 Å². The molecule has 2 saturated heterocycles. The lowest BCUT2D eigenvalue weighted by Gasteiger charge is -2.29. The molecular formula is C28H46O8S. The smallest absolute Gasteiger partial charge is 0.224 e. The lowest BCUT2D eigenvalue weighted by atomic mass is 10.1. The molecule has 0 aromatic heterocycles. The van der Waals surface area contributed by atoms with Crippen molar-refractivity contribution in [2.45, 2.75) is 132 Å². The first kappa shape index (κ1) is 30.5. The molecule has 0 spiro atoms. The van der Waals surface area contributed by atoms with Crippen LogP contribution in [0.15, 0.2) is 29.2 Å². The van der Waals surface area contributed by atoms with Crippen molar-refractivity contribution >= 4 is 9.84 Å². The van der Waals surface area contributed by atoms with Gasteiger partial charge in [-0.25, -0.2) is 8.42 Å². The topological polar surface area (TPSA) is 112 Å². The molecule has 3 rings (SSSR count). The van der Waals surface area contributed by atoms with Gasteiger partial charge in [-0.3, -0.25) is 0 Å². The average Bonchev–Trinajstić information content (AvgIpc) is 3.26. The van der Waals surface area contributed by atoms with Gasteiger partial charge in [0.15, 0.2) is 11.2 Å². The second kappa shape index (κ2) is 13.3. The zero-order valence-electron chi connectivity index (χ0n) is 22.9. The zero-order chi connectivity index (χ0) is 27.1. The number of fused-ring (bicyclic) bond motifs is 1. The Labute approximate surface area is 222 Å². The summed E-state index contributed by atoms with van der Waals surface area (Å²) < 4.78 is 49.8. The summed E-state index contributed by atoms with van der Waals surface area (Å²) in [5, 5.41) is 21.8. The van der Waals surface area contributed by atoms with E-state index in [1.165, 1.54) is 57.1 Å². The standard InChI is InChI=1S/C28H46O8S/c1-5-6-7-8-9-10-11-12-13-14-19-33-20-28-25(35-27(3,4)36-28)23(29)24(34-28)26(30)37(31,32)22-17-15-21(2)16-18-22/h15-18,23-26,29-30H,5-14,19-20H2,1-4H3/t23-,24-,25+,26?,28+/m1/s1. The average molecular weight is 543 g/mol. The molecule has 0 radical (unpaired) electrons. The molecule has 0 aliphatic carbocycles. The van der Waals surface area contributed by atoms with Crippen LogP contribution < -0.4 is 0 Å². The van der Waals surface area contributed by atoms with Crippen molar-refractivity contribution in [3.63, 3.8) is 0 Å². The Balaban J connectivity index is 1.51. The molecular weight excluding hydrogens is 496 g/mol. The van der Waals surface area contributed by atoms with E-state index >= 15 is 0 Å². The van der Waals surface area contributed by atoms with Gasteiger partial charge in [-0.05, 0) is 39.3 Å². The number of aryl methyl sites for hydroxylation is 1. The third kappa shape index (κ3) is 7.75. The maximum atomic E-state index is 13.0. The lowest BCUT2D eigenvalue weighted by molar-refractivity contribution is -0.282. The highest BCUT2D eigenvalue weighted by molar-refractivity contribution is 7.92. The monoisotopic (exact) mass is 542 g/mol. The first-order valence-electron chi connectivity index (χ1n) is 13.8. The Morgan fingerprint density at radius 3 is 2.11 bits per heavy atom. The van der Waals surface area contributed by atoms with Crippen molar-refractivity contribution in [2.24, 2.45) is 0 Å². The highest BCUT2D eigenvalue weighted by Crippen LogP contribution is 2.47. The quantitative estimate of drug-likeness (QED) is 0.291. The first-order valence-corrected chi connectivity index (χ1v) is 15.4. The molecule has 0 saturated carbocycles. The van der Waals surface area contributed by atoms with Gasteiger partial charge in [0.25, 0.3) is 0 Å². The molecule has 8 nitrogen and oxygen atoms in total. The predicted octanol–water partition coefficient (Wildman–Crippen LogP) is 4.63. The second-order valence-electron chi connectivity index (χ2n) is 10.9. The molecule has 212 valence electrons. The zero-order valence-corrected chi connectivity index (χ0v) is 23.7. The third-order valence-electron chi connectivity index (χ3n) is 7.14. The van der Waals surface area contributed by atoms with E-state index in [0.29, 0.717) is 6.61 Å². The summed E-state index contributed by atoms with van der Waals surface area (Å²) in [4.78, 5) is -0.0492. The van der Waals surface area contributed by atoms with Crippen LogP contribution in [-0.4, -0.2) is 67.2 Å². The molecule has 37 heavy (non-hydrogen) atoms. The summed E-state index contributed by atoms with van der Waals surface area (Å²) in [5.41, 5.74) is -1.10. The van der Waals surface area contributed by atoms with Gasteiger partial charge in [0, 0.05) is 6.61 Å². The summed E-state index contributed by atoms with van der Waals surface area (Å²) in [5.74, 6) is -2.56. The molecule has 2 heterocycles. The van der Waals surface area contributed by atoms with E-state index < -0.39 is 45.2 Å². The molecule has 1 unspecified atom stereocenters. The van der Waals surface area contributed by atoms with Crippen molar-refractivity contribution < 1.29 is 37.6 Å². The number of sulfone groups is 1. The van der Waals surface area contributed by atoms with Crippen molar-refractivity contribution in [3.05, 3.63) is 29.8 Å². The van der Waals surface area contributed by atoms with E-state index in [2.05, 4.69) is 6.92 Å². The van der Waals surface area contributed by atoms with Crippen LogP contribution in [0.1, 0.15) is 90.5 Å². The van der Waals surface area contributed by atoms with Crippen LogP contribution in [-0.2, 0) is 28.8 Å². The Morgan fingerprint density at radius 1 is 0.946 bits per heavy atom. The van der Waals surface area contributed by atoms with Crippen LogP contribution in [0.5, 0.6) is 0 Å². The maximum absolute atomic E-state index is 13.0. The van der Waals surface area contributed by atoms with Gasteiger partial charge in [0.2, 0.25) is 15.6 Å². The van der Waals surface area contributed by atoms with Crippen LogP contribution >= 0.6 is 0 Å². The summed E-state index contributed by atoms with van der Waals surface area (Å²) >= 11 is 0. The van der Waals surface area contributed by atoms with Crippen LogP contribution in [0.25, 0.3) is 0 Å². The number of unbranched alkanes of at least 4 members (excludes halogenated alkanes) is 9. The fourth-order valence-electron chi connectivity index (χ4n) is 5.11. The second-order valence-corrected chi connectivity index (χ2v) is 13.0. The fourth-order valence-corrected chi connectivity index (χ4v) is 6.47. The Bertz CT molecular complexity index is 932. The summed E-state index contributed by atoms with van der Waals surface area (Å²) in [6, 6.07) is 6.16. The Hall–Kier alpha value is -1.07. The van der Waals surface area contributed by atoms with Crippen LogP contribution in [0.3, 0.4) is 0 Å². The third-order valence-corrected chi connectivity index (χ3v) is 8.97. The number of rotatable bonds is 16. The van der Waals surface area contributed by atoms with Gasteiger partial charge in [0.05, 0.1) is 4.90 Å². The van der Waals surface area contributed by atoms with Gasteiger partial charge in [-0.15, -0.1) is 0 Å². The minimum Gasteiger partial charge on any atom is -0.387 e. The highest BCUT2D eigenvalue weighted by Gasteiger charge is 2.67. The van der Waals surface area contributed by atoms with Gasteiger partial charge in [0.1, 0.15) is 24.9 Å². The van der Waals surface area contributed by atoms with Crippen LogP contribution in [0.2, 0.25) is 0 Å². The van der Waals surface area contributed by atoms with E-state index in [0.717, 1.165) is 24.8 Å². The number of ether oxygens (including phenoxy) is 4. The molecule has 1 aromatic carbocycles. The largest absolute Gasteiger partial charge is 0.387 e. The number of aliphatic hydroxyl groups is 2. The van der Waals surface area contributed by atoms with Crippen molar-refractivity contribution in [1.82, 2.24) is 0 Å². The van der Waals surface area contributed by atoms with E-state index in [4.69, 9.17) is 18.9 Å². The molecule has 0 bridgehead atoms. The molecule has 1 aromatic rings. The van der Waals surface area contributed by atoms with E-state index in [-0.39, 0.29) is 11.5 Å². The summed E-state index contributed by atoms with van der Waals surface area (Å²) in [6.07, 6.45) is 8.32. The number of benzene rings is 1. The van der Waals surface area contributed by atoms with Gasteiger partial charge in [-0.1, -0.05) is 82.4 Å². The molecule has 0 amide bonds. The first-order chi connectivity index (χ1) is 17.5. The van der Waals surface area contributed by atoms with Gasteiger partial charge in [-0.2, -0.15) is 0 Å². The van der Waals surface area contributed by atoms with Crippen molar-refractivity contribution in [1.29, 1.82) is 0 Å². The van der Waals surface area contributed by atoms with E-state index in [1.807, 2.05) is 6.92 Å². The Morgan fingerprint density at radius 2 is 1.51 bits per heavy atom. The molecule has 2 fully saturated rings. The molecule has 2 N–H and O–H groups in total. The fraction of sp³-hybridized carbons (Fsp3) is 0.786. The molecule has 2 aliphatic rings. The van der Waals surface area contributed by atoms with E-state index in [9.17, 15) is 18.6 Å². The van der Waals surface area contributed by atoms with E-state index in [1.54, 1.807) is 26.0 Å². The highest BCUT2D eigenvalue weighted by atomic mass is 32.2. The Kier molecular flexibility index (Phi) is 11.0. The summed E-state index contributed by atoms with van der Waals surface area (Å²) in [6.45, 7) is 7.91. The van der Waals surface area contributed by atoms with Gasteiger partial charge >= 0.3 is 0 Å². The normalized spacial score (nSPS) is 27.9. The minimum atomic E-state index is -4.19. The number of aliphatic hydroxyl groups excluding tert-OH is 2. The summed E-state index contributed by atoms with van der Waals surface area (Å²) in [7, 11) is -4.19. The maximum Gasteiger partial charge on any atom is 0.224 e.